The second-order valence-corrected chi connectivity index (χ2v) is 6.51. The van der Waals surface area contributed by atoms with Crippen LogP contribution in [0.3, 0.4) is 0 Å². The molecule has 1 amide bonds. The van der Waals surface area contributed by atoms with E-state index in [9.17, 15) is 9.18 Å². The molecule has 0 fully saturated rings. The van der Waals surface area contributed by atoms with E-state index in [1.165, 1.54) is 12.1 Å². The van der Waals surface area contributed by atoms with Gasteiger partial charge in [-0.2, -0.15) is 0 Å². The monoisotopic (exact) mass is 391 g/mol. The highest BCUT2D eigenvalue weighted by atomic mass is 19.1. The molecule has 1 aliphatic heterocycles. The van der Waals surface area contributed by atoms with Crippen molar-refractivity contribution in [2.75, 3.05) is 12.1 Å². The normalized spacial score (nSPS) is 12.3. The number of pyridine rings is 1. The van der Waals surface area contributed by atoms with Gasteiger partial charge >= 0.3 is 0 Å². The Morgan fingerprint density at radius 3 is 2.79 bits per heavy atom. The highest BCUT2D eigenvalue weighted by Crippen LogP contribution is 2.36. The smallest absolute Gasteiger partial charge is 0.259 e. The van der Waals surface area contributed by atoms with Crippen molar-refractivity contribution in [1.29, 1.82) is 0 Å². The number of benzene rings is 2. The van der Waals surface area contributed by atoms with Crippen LogP contribution < -0.4 is 14.8 Å². The highest BCUT2D eigenvalue weighted by Gasteiger charge is 2.21. The van der Waals surface area contributed by atoms with Crippen LogP contribution in [0.5, 0.6) is 11.5 Å². The number of para-hydroxylation sites is 1. The predicted molar refractivity (Wildman–Crippen MR) is 102 cm³/mol. The van der Waals surface area contributed by atoms with Crippen LogP contribution in [0.4, 0.5) is 10.1 Å². The first-order chi connectivity index (χ1) is 14.1. The molecule has 1 aliphatic rings. The summed E-state index contributed by atoms with van der Waals surface area (Å²) in [5.41, 5.74) is 2.31. The van der Waals surface area contributed by atoms with Crippen molar-refractivity contribution in [3.63, 3.8) is 0 Å². The van der Waals surface area contributed by atoms with E-state index in [0.29, 0.717) is 33.8 Å². The summed E-state index contributed by atoms with van der Waals surface area (Å²) < 4.78 is 30.0. The Hall–Kier alpha value is -3.94. The quantitative estimate of drug-likeness (QED) is 0.560. The van der Waals surface area contributed by atoms with Crippen LogP contribution in [0.2, 0.25) is 0 Å². The van der Waals surface area contributed by atoms with Gasteiger partial charge in [0, 0.05) is 5.56 Å². The molecule has 4 aromatic rings. The number of amides is 1. The Balaban J connectivity index is 1.61. The fourth-order valence-electron chi connectivity index (χ4n) is 3.23. The minimum absolute atomic E-state index is 0.0844. The van der Waals surface area contributed by atoms with Crippen LogP contribution in [0.25, 0.3) is 22.4 Å². The number of carbonyl (C=O) groups is 1. The van der Waals surface area contributed by atoms with Crippen molar-refractivity contribution < 1.29 is 23.2 Å². The Bertz CT molecular complexity index is 1270. The molecule has 0 unspecified atom stereocenters. The van der Waals surface area contributed by atoms with E-state index in [1.807, 2.05) is 6.07 Å². The van der Waals surface area contributed by atoms with E-state index in [-0.39, 0.29) is 23.8 Å². The van der Waals surface area contributed by atoms with Crippen molar-refractivity contribution in [3.05, 3.63) is 65.6 Å². The molecule has 0 radical (unpaired) electrons. The van der Waals surface area contributed by atoms with E-state index in [0.717, 1.165) is 0 Å². The van der Waals surface area contributed by atoms with E-state index < -0.39 is 11.7 Å². The average Bonchev–Trinajstić information content (AvgIpc) is 3.35. The van der Waals surface area contributed by atoms with Crippen LogP contribution in [-0.4, -0.2) is 22.8 Å². The number of halogens is 1. The second-order valence-electron chi connectivity index (χ2n) is 6.51. The third-order valence-corrected chi connectivity index (χ3v) is 4.65. The van der Waals surface area contributed by atoms with Crippen LogP contribution in [0.1, 0.15) is 16.1 Å². The summed E-state index contributed by atoms with van der Waals surface area (Å²) >= 11 is 0. The second kappa shape index (κ2) is 6.59. The SMILES string of the molecule is Cc1noc2nc(-c3ccc4c(c3)OCO4)cc(C(=O)Nc3ccccc3F)c12. The van der Waals surface area contributed by atoms with Gasteiger partial charge in [0.05, 0.1) is 28.0 Å². The predicted octanol–water partition coefficient (Wildman–Crippen LogP) is 4.32. The minimum atomic E-state index is -0.524. The Kier molecular flexibility index (Phi) is 3.90. The molecule has 29 heavy (non-hydrogen) atoms. The molecule has 0 spiro atoms. The number of hydrogen-bond donors (Lipinski definition) is 1. The first kappa shape index (κ1) is 17.2. The van der Waals surface area contributed by atoms with Crippen molar-refractivity contribution in [1.82, 2.24) is 10.1 Å². The van der Waals surface area contributed by atoms with Crippen molar-refractivity contribution in [2.24, 2.45) is 0 Å². The number of nitrogens with one attached hydrogen (secondary N) is 1. The van der Waals surface area contributed by atoms with E-state index >= 15 is 0 Å². The van der Waals surface area contributed by atoms with Crippen molar-refractivity contribution in [2.45, 2.75) is 6.92 Å². The Morgan fingerprint density at radius 2 is 1.93 bits per heavy atom. The topological polar surface area (TPSA) is 86.5 Å². The summed E-state index contributed by atoms with van der Waals surface area (Å²) in [4.78, 5) is 17.5. The summed E-state index contributed by atoms with van der Waals surface area (Å²) in [5.74, 6) is 0.221. The van der Waals surface area contributed by atoms with Gasteiger partial charge in [-0.15, -0.1) is 0 Å². The molecule has 2 aromatic heterocycles. The van der Waals surface area contributed by atoms with Gasteiger partial charge in [-0.3, -0.25) is 4.79 Å². The first-order valence-corrected chi connectivity index (χ1v) is 8.83. The lowest BCUT2D eigenvalue weighted by Gasteiger charge is -2.09. The zero-order chi connectivity index (χ0) is 20.0. The van der Waals surface area contributed by atoms with Gasteiger partial charge in [-0.25, -0.2) is 9.37 Å². The molecule has 5 rings (SSSR count). The molecule has 0 bridgehead atoms. The molecule has 144 valence electrons. The van der Waals surface area contributed by atoms with Crippen LogP contribution >= 0.6 is 0 Å². The van der Waals surface area contributed by atoms with E-state index in [4.69, 9.17) is 14.0 Å². The van der Waals surface area contributed by atoms with Crippen molar-refractivity contribution in [3.8, 4) is 22.8 Å². The summed E-state index contributed by atoms with van der Waals surface area (Å²) in [5, 5.41) is 7.00. The third kappa shape index (κ3) is 2.94. The van der Waals surface area contributed by atoms with Crippen LogP contribution in [0.15, 0.2) is 53.1 Å². The van der Waals surface area contributed by atoms with Crippen molar-refractivity contribution >= 4 is 22.7 Å². The van der Waals surface area contributed by atoms with Gasteiger partial charge in [0.15, 0.2) is 11.5 Å². The molecular formula is C21H14FN3O4. The zero-order valence-corrected chi connectivity index (χ0v) is 15.2. The maximum absolute atomic E-state index is 14.0. The van der Waals surface area contributed by atoms with Gasteiger partial charge in [0.25, 0.3) is 11.6 Å². The number of anilines is 1. The van der Waals surface area contributed by atoms with E-state index in [1.54, 1.807) is 37.3 Å². The lowest BCUT2D eigenvalue weighted by molar-refractivity contribution is 0.102. The fourth-order valence-corrected chi connectivity index (χ4v) is 3.23. The minimum Gasteiger partial charge on any atom is -0.454 e. The third-order valence-electron chi connectivity index (χ3n) is 4.65. The molecule has 0 saturated heterocycles. The number of hydrogen-bond acceptors (Lipinski definition) is 6. The van der Waals surface area contributed by atoms with E-state index in [2.05, 4.69) is 15.5 Å². The van der Waals surface area contributed by atoms with Gasteiger partial charge in [0.2, 0.25) is 6.79 Å². The van der Waals surface area contributed by atoms with Gasteiger partial charge in [-0.05, 0) is 43.3 Å². The fraction of sp³-hybridized carbons (Fsp3) is 0.0952. The largest absolute Gasteiger partial charge is 0.454 e. The lowest BCUT2D eigenvalue weighted by Crippen LogP contribution is -2.14. The Morgan fingerprint density at radius 1 is 1.10 bits per heavy atom. The molecule has 8 heteroatoms. The standard InChI is InChI=1S/C21H14FN3O4/c1-11-19-13(20(26)23-15-5-3-2-4-14(15)22)9-16(24-21(19)29-25-11)12-6-7-17-18(8-12)28-10-27-17/h2-9H,10H2,1H3,(H,23,26). The zero-order valence-electron chi connectivity index (χ0n) is 15.2. The molecular weight excluding hydrogens is 377 g/mol. The number of aryl methyl sites for hydroxylation is 1. The summed E-state index contributed by atoms with van der Waals surface area (Å²) in [6.45, 7) is 1.87. The summed E-state index contributed by atoms with van der Waals surface area (Å²) in [6, 6.07) is 12.9. The Labute approximate surface area is 164 Å². The summed E-state index contributed by atoms with van der Waals surface area (Å²) in [6.07, 6.45) is 0. The first-order valence-electron chi connectivity index (χ1n) is 8.83. The van der Waals surface area contributed by atoms with Crippen LogP contribution in [-0.2, 0) is 0 Å². The molecule has 0 saturated carbocycles. The van der Waals surface area contributed by atoms with Gasteiger partial charge in [0.1, 0.15) is 5.82 Å². The molecule has 2 aromatic carbocycles. The number of carbonyl (C=O) groups excluding carboxylic acids is 1. The van der Waals surface area contributed by atoms with Gasteiger partial charge in [-0.1, -0.05) is 17.3 Å². The van der Waals surface area contributed by atoms with Gasteiger partial charge < -0.3 is 19.3 Å². The highest BCUT2D eigenvalue weighted by molar-refractivity contribution is 6.13. The maximum atomic E-state index is 14.0. The molecule has 1 N–H and O–H groups in total. The number of fused-ring (bicyclic) bond motifs is 2. The maximum Gasteiger partial charge on any atom is 0.259 e. The molecule has 3 heterocycles. The number of ether oxygens (including phenoxy) is 2. The number of nitrogens with zero attached hydrogens (tertiary/aromatic N) is 2. The molecule has 7 nitrogen and oxygen atoms in total. The number of rotatable bonds is 3. The average molecular weight is 391 g/mol. The lowest BCUT2D eigenvalue weighted by atomic mass is 10.0. The summed E-state index contributed by atoms with van der Waals surface area (Å²) in [7, 11) is 0. The van der Waals surface area contributed by atoms with Crippen LogP contribution in [0, 0.1) is 12.7 Å². The molecule has 0 atom stereocenters. The number of aromatic nitrogens is 2. The molecule has 0 aliphatic carbocycles.